The second-order valence-electron chi connectivity index (χ2n) is 7.01. The minimum atomic E-state index is -0.123. The summed E-state index contributed by atoms with van der Waals surface area (Å²) in [4.78, 5) is 27.9. The normalized spacial score (nSPS) is 17.6. The molecule has 1 aliphatic rings. The van der Waals surface area contributed by atoms with Crippen LogP contribution < -0.4 is 11.3 Å². The van der Waals surface area contributed by atoms with E-state index >= 15 is 0 Å². The molecular formula is C20H28N4O2. The van der Waals surface area contributed by atoms with Crippen LogP contribution in [0.3, 0.4) is 0 Å². The van der Waals surface area contributed by atoms with E-state index in [1.165, 1.54) is 4.68 Å². The maximum absolute atomic E-state index is 13.3. The molecule has 1 aromatic heterocycles. The van der Waals surface area contributed by atoms with Gasteiger partial charge in [-0.25, -0.2) is 4.68 Å². The van der Waals surface area contributed by atoms with E-state index in [0.717, 1.165) is 38.5 Å². The summed E-state index contributed by atoms with van der Waals surface area (Å²) in [7, 11) is 0. The molecule has 6 nitrogen and oxygen atoms in total. The zero-order valence-electron chi connectivity index (χ0n) is 15.5. The molecular weight excluding hydrogens is 328 g/mol. The van der Waals surface area contributed by atoms with Crippen LogP contribution in [0.25, 0.3) is 10.8 Å². The van der Waals surface area contributed by atoms with Crippen molar-refractivity contribution in [3.05, 3.63) is 40.3 Å². The van der Waals surface area contributed by atoms with Crippen LogP contribution >= 0.6 is 0 Å². The number of aryl methyl sites for hydroxylation is 1. The summed E-state index contributed by atoms with van der Waals surface area (Å²) in [5.41, 5.74) is 6.14. The van der Waals surface area contributed by atoms with Gasteiger partial charge in [0.2, 0.25) is 0 Å². The Balaban J connectivity index is 2.04. The van der Waals surface area contributed by atoms with Crippen molar-refractivity contribution in [2.75, 3.05) is 13.1 Å². The zero-order valence-corrected chi connectivity index (χ0v) is 15.5. The lowest BCUT2D eigenvalue weighted by molar-refractivity contribution is 0.0616. The van der Waals surface area contributed by atoms with E-state index < -0.39 is 0 Å². The van der Waals surface area contributed by atoms with E-state index in [0.29, 0.717) is 36.1 Å². The molecule has 2 aromatic rings. The number of nitrogens with two attached hydrogens (primary N) is 1. The molecule has 0 radical (unpaired) electrons. The number of rotatable bonds is 6. The fraction of sp³-hybridized carbons (Fsp3) is 0.550. The van der Waals surface area contributed by atoms with Crippen molar-refractivity contribution in [2.45, 2.75) is 58.0 Å². The smallest absolute Gasteiger partial charge is 0.275 e. The van der Waals surface area contributed by atoms with E-state index in [2.05, 4.69) is 12.0 Å². The summed E-state index contributed by atoms with van der Waals surface area (Å²) < 4.78 is 1.46. The molecule has 6 heteroatoms. The van der Waals surface area contributed by atoms with Crippen molar-refractivity contribution in [3.63, 3.8) is 0 Å². The summed E-state index contributed by atoms with van der Waals surface area (Å²) in [5, 5.41) is 5.68. The number of amides is 1. The van der Waals surface area contributed by atoms with Gasteiger partial charge in [0.1, 0.15) is 0 Å². The molecule has 1 aliphatic heterocycles. The van der Waals surface area contributed by atoms with Crippen molar-refractivity contribution >= 4 is 16.7 Å². The summed E-state index contributed by atoms with van der Waals surface area (Å²) in [5.74, 6) is -0.111. The second-order valence-corrected chi connectivity index (χ2v) is 7.01. The summed E-state index contributed by atoms with van der Waals surface area (Å²) >= 11 is 0. The first kappa shape index (κ1) is 18.6. The summed E-state index contributed by atoms with van der Waals surface area (Å²) in [6.07, 6.45) is 5.99. The van der Waals surface area contributed by atoms with Crippen LogP contribution in [0.2, 0.25) is 0 Å². The Morgan fingerprint density at radius 1 is 1.23 bits per heavy atom. The van der Waals surface area contributed by atoms with Crippen LogP contribution in [0.1, 0.15) is 55.9 Å². The van der Waals surface area contributed by atoms with Crippen molar-refractivity contribution in [1.29, 1.82) is 0 Å². The number of carbonyl (C=O) groups is 1. The highest BCUT2D eigenvalue weighted by Gasteiger charge is 2.29. The Hall–Kier alpha value is -2.21. The molecule has 1 amide bonds. The van der Waals surface area contributed by atoms with Gasteiger partial charge in [-0.1, -0.05) is 38.0 Å². The standard InChI is InChI=1S/C20H28N4O2/c1-2-3-7-13-24-19(25)17-11-5-4-10-16(17)18(22-24)20(26)23-12-8-6-9-15(23)14-21/h4-5,10-11,15H,2-3,6-9,12-14,21H2,1H3. The van der Waals surface area contributed by atoms with E-state index in [-0.39, 0.29) is 17.5 Å². The molecule has 3 rings (SSSR count). The van der Waals surface area contributed by atoms with Crippen LogP contribution in [0.4, 0.5) is 0 Å². The minimum absolute atomic E-state index is 0.0530. The lowest BCUT2D eigenvalue weighted by Gasteiger charge is -2.35. The number of likely N-dealkylation sites (tertiary alicyclic amines) is 1. The SMILES string of the molecule is CCCCCn1nc(C(=O)N2CCCCC2CN)c2ccccc2c1=O. The van der Waals surface area contributed by atoms with Crippen molar-refractivity contribution in [1.82, 2.24) is 14.7 Å². The van der Waals surface area contributed by atoms with Gasteiger partial charge in [-0.3, -0.25) is 9.59 Å². The Kier molecular flexibility index (Phi) is 6.04. The number of carbonyl (C=O) groups excluding carboxylic acids is 1. The third-order valence-corrected chi connectivity index (χ3v) is 5.20. The highest BCUT2D eigenvalue weighted by atomic mass is 16.2. The Morgan fingerprint density at radius 2 is 2.00 bits per heavy atom. The molecule has 2 heterocycles. The molecule has 140 valence electrons. The molecule has 1 aromatic carbocycles. The highest BCUT2D eigenvalue weighted by Crippen LogP contribution is 2.21. The molecule has 0 bridgehead atoms. The maximum atomic E-state index is 13.3. The first-order chi connectivity index (χ1) is 12.7. The molecule has 0 saturated carbocycles. The fourth-order valence-electron chi connectivity index (χ4n) is 3.71. The lowest BCUT2D eigenvalue weighted by atomic mass is 10.0. The number of fused-ring (bicyclic) bond motifs is 1. The zero-order chi connectivity index (χ0) is 18.5. The third-order valence-electron chi connectivity index (χ3n) is 5.20. The van der Waals surface area contributed by atoms with E-state index in [1.807, 2.05) is 23.1 Å². The van der Waals surface area contributed by atoms with Crippen molar-refractivity contribution in [2.24, 2.45) is 5.73 Å². The Bertz CT molecular complexity index is 830. The van der Waals surface area contributed by atoms with Crippen LogP contribution in [0, 0.1) is 0 Å². The van der Waals surface area contributed by atoms with E-state index in [4.69, 9.17) is 5.73 Å². The lowest BCUT2D eigenvalue weighted by Crippen LogP contribution is -2.48. The topological polar surface area (TPSA) is 81.2 Å². The molecule has 0 spiro atoms. The molecule has 1 unspecified atom stereocenters. The molecule has 2 N–H and O–H groups in total. The number of nitrogens with zero attached hydrogens (tertiary/aromatic N) is 3. The molecule has 1 fully saturated rings. The molecule has 26 heavy (non-hydrogen) atoms. The quantitative estimate of drug-likeness (QED) is 0.807. The van der Waals surface area contributed by atoms with E-state index in [1.54, 1.807) is 6.07 Å². The average Bonchev–Trinajstić information content (AvgIpc) is 2.69. The van der Waals surface area contributed by atoms with Gasteiger partial charge in [0.25, 0.3) is 11.5 Å². The number of hydrogen-bond donors (Lipinski definition) is 1. The first-order valence-corrected chi connectivity index (χ1v) is 9.68. The van der Waals surface area contributed by atoms with Gasteiger partial charge in [-0.15, -0.1) is 0 Å². The monoisotopic (exact) mass is 356 g/mol. The van der Waals surface area contributed by atoms with E-state index in [9.17, 15) is 9.59 Å². The first-order valence-electron chi connectivity index (χ1n) is 9.68. The van der Waals surface area contributed by atoms with Gasteiger partial charge >= 0.3 is 0 Å². The number of benzene rings is 1. The van der Waals surface area contributed by atoms with Crippen LogP contribution in [-0.2, 0) is 6.54 Å². The predicted molar refractivity (Wildman–Crippen MR) is 103 cm³/mol. The number of hydrogen-bond acceptors (Lipinski definition) is 4. The van der Waals surface area contributed by atoms with Gasteiger partial charge in [-0.2, -0.15) is 5.10 Å². The van der Waals surface area contributed by atoms with Crippen LogP contribution in [0.15, 0.2) is 29.1 Å². The Labute approximate surface area is 154 Å². The van der Waals surface area contributed by atoms with Gasteiger partial charge in [-0.05, 0) is 31.7 Å². The summed E-state index contributed by atoms with van der Waals surface area (Å²) in [6.45, 7) is 3.82. The third kappa shape index (κ3) is 3.65. The average molecular weight is 356 g/mol. The maximum Gasteiger partial charge on any atom is 0.275 e. The summed E-state index contributed by atoms with van der Waals surface area (Å²) in [6, 6.07) is 7.32. The highest BCUT2D eigenvalue weighted by molar-refractivity contribution is 6.04. The molecule has 0 aliphatic carbocycles. The van der Waals surface area contributed by atoms with Gasteiger partial charge in [0, 0.05) is 31.1 Å². The largest absolute Gasteiger partial charge is 0.333 e. The Morgan fingerprint density at radius 3 is 2.73 bits per heavy atom. The van der Waals surface area contributed by atoms with Crippen molar-refractivity contribution in [3.8, 4) is 0 Å². The number of unbranched alkanes of at least 4 members (excludes halogenated alkanes) is 2. The number of piperidine rings is 1. The molecule has 1 atom stereocenters. The van der Waals surface area contributed by atoms with Gasteiger partial charge in [0.15, 0.2) is 5.69 Å². The minimum Gasteiger partial charge on any atom is -0.333 e. The van der Waals surface area contributed by atoms with Gasteiger partial charge < -0.3 is 10.6 Å². The van der Waals surface area contributed by atoms with Crippen LogP contribution in [0.5, 0.6) is 0 Å². The second kappa shape index (κ2) is 8.45. The van der Waals surface area contributed by atoms with Gasteiger partial charge in [0.05, 0.1) is 5.39 Å². The predicted octanol–water partition coefficient (Wildman–Crippen LogP) is 2.54. The number of aromatic nitrogens is 2. The van der Waals surface area contributed by atoms with Crippen molar-refractivity contribution < 1.29 is 4.79 Å². The fourth-order valence-corrected chi connectivity index (χ4v) is 3.71. The van der Waals surface area contributed by atoms with Crippen LogP contribution in [-0.4, -0.2) is 39.7 Å². The molecule has 1 saturated heterocycles.